The molecule has 0 aliphatic carbocycles. The summed E-state index contributed by atoms with van der Waals surface area (Å²) < 4.78 is 0. The third kappa shape index (κ3) is 7.32. The number of rotatable bonds is 4. The Kier molecular flexibility index (Phi) is 9.42. The van der Waals surface area contributed by atoms with Gasteiger partial charge < -0.3 is 15.7 Å². The maximum Gasteiger partial charge on any atom is 0.314 e. The molecule has 0 bridgehead atoms. The second-order valence-corrected chi connectivity index (χ2v) is 6.53. The van der Waals surface area contributed by atoms with E-state index < -0.39 is 0 Å². The van der Waals surface area contributed by atoms with E-state index in [1.165, 1.54) is 24.0 Å². The summed E-state index contributed by atoms with van der Waals surface area (Å²) in [5, 5.41) is 9.28. The van der Waals surface area contributed by atoms with Crippen LogP contribution in [0.1, 0.15) is 39.0 Å². The van der Waals surface area contributed by atoms with Crippen LogP contribution in [-0.2, 0) is 0 Å². The Hall–Kier alpha value is -1.59. The summed E-state index contributed by atoms with van der Waals surface area (Å²) in [4.78, 5) is 14.6. The summed E-state index contributed by atoms with van der Waals surface area (Å²) in [5.41, 5.74) is 7.66. The van der Waals surface area contributed by atoms with E-state index in [1.807, 2.05) is 19.1 Å². The van der Waals surface area contributed by atoms with E-state index in [0.29, 0.717) is 0 Å². The van der Waals surface area contributed by atoms with Crippen LogP contribution in [0.15, 0.2) is 36.5 Å². The SMILES string of the molecule is C=CC1=C(C=C)CN(CC(C)O)CC1.NC(=O)N1CCCCCC1. The number of amides is 2. The van der Waals surface area contributed by atoms with Crippen LogP contribution < -0.4 is 5.73 Å². The molecule has 1 fully saturated rings. The molecule has 0 radical (unpaired) electrons. The largest absolute Gasteiger partial charge is 0.392 e. The van der Waals surface area contributed by atoms with Crippen molar-refractivity contribution in [3.05, 3.63) is 36.5 Å². The first kappa shape index (κ1) is 20.5. The van der Waals surface area contributed by atoms with Gasteiger partial charge in [0.1, 0.15) is 0 Å². The number of hydrogen-bond donors (Lipinski definition) is 2. The summed E-state index contributed by atoms with van der Waals surface area (Å²) in [7, 11) is 0. The van der Waals surface area contributed by atoms with E-state index in [2.05, 4.69) is 18.1 Å². The molecule has 136 valence electrons. The van der Waals surface area contributed by atoms with Gasteiger partial charge in [-0.3, -0.25) is 4.90 Å². The van der Waals surface area contributed by atoms with Crippen LogP contribution >= 0.6 is 0 Å². The molecule has 2 amide bonds. The molecule has 2 heterocycles. The van der Waals surface area contributed by atoms with Crippen LogP contribution in [0.25, 0.3) is 0 Å². The molecule has 0 aromatic rings. The molecule has 0 aromatic heterocycles. The van der Waals surface area contributed by atoms with E-state index in [0.717, 1.165) is 52.0 Å². The van der Waals surface area contributed by atoms with Crippen LogP contribution in [0.5, 0.6) is 0 Å². The van der Waals surface area contributed by atoms with Gasteiger partial charge in [-0.05, 0) is 37.3 Å². The molecule has 0 aromatic carbocycles. The molecule has 1 atom stereocenters. The number of carbonyl (C=O) groups is 1. The highest BCUT2D eigenvalue weighted by molar-refractivity contribution is 5.71. The predicted molar refractivity (Wildman–Crippen MR) is 99.8 cm³/mol. The lowest BCUT2D eigenvalue weighted by Crippen LogP contribution is -2.36. The Labute approximate surface area is 146 Å². The lowest BCUT2D eigenvalue weighted by Gasteiger charge is -2.29. The van der Waals surface area contributed by atoms with Crippen molar-refractivity contribution in [3.63, 3.8) is 0 Å². The number of aliphatic hydroxyl groups excluding tert-OH is 1. The van der Waals surface area contributed by atoms with Crippen LogP contribution in [0.3, 0.4) is 0 Å². The number of hydrogen-bond acceptors (Lipinski definition) is 3. The number of allylic oxidation sites excluding steroid dienone is 1. The molecule has 24 heavy (non-hydrogen) atoms. The van der Waals surface area contributed by atoms with Crippen molar-refractivity contribution in [2.75, 3.05) is 32.7 Å². The molecular weight excluding hydrogens is 302 g/mol. The molecule has 5 nitrogen and oxygen atoms in total. The molecule has 0 spiro atoms. The van der Waals surface area contributed by atoms with Gasteiger partial charge in [0, 0.05) is 32.7 Å². The first-order valence-corrected chi connectivity index (χ1v) is 8.89. The summed E-state index contributed by atoms with van der Waals surface area (Å²) >= 11 is 0. The van der Waals surface area contributed by atoms with Gasteiger partial charge >= 0.3 is 6.03 Å². The Balaban J connectivity index is 0.000000254. The van der Waals surface area contributed by atoms with E-state index in [4.69, 9.17) is 5.73 Å². The molecule has 5 heteroatoms. The van der Waals surface area contributed by atoms with Gasteiger partial charge in [-0.15, -0.1) is 0 Å². The molecule has 2 aliphatic heterocycles. The quantitative estimate of drug-likeness (QED) is 0.830. The Morgan fingerprint density at radius 3 is 2.21 bits per heavy atom. The third-order valence-corrected chi connectivity index (χ3v) is 4.44. The smallest absolute Gasteiger partial charge is 0.314 e. The van der Waals surface area contributed by atoms with Gasteiger partial charge in [-0.25, -0.2) is 4.79 Å². The lowest BCUT2D eigenvalue weighted by atomic mass is 10.00. The van der Waals surface area contributed by atoms with Gasteiger partial charge in [-0.2, -0.15) is 0 Å². The van der Waals surface area contributed by atoms with Gasteiger partial charge in [0.15, 0.2) is 0 Å². The number of β-amino-alcohol motifs (C(OH)–C–C–N with tert-alkyl or cyclic N) is 1. The normalized spacial score (nSPS) is 20.5. The first-order chi connectivity index (χ1) is 11.5. The fourth-order valence-electron chi connectivity index (χ4n) is 3.11. The average Bonchev–Trinajstić information content (AvgIpc) is 2.84. The molecular formula is C19H33N3O2. The van der Waals surface area contributed by atoms with E-state index in [9.17, 15) is 9.90 Å². The molecule has 2 aliphatic rings. The zero-order valence-electron chi connectivity index (χ0n) is 15.0. The van der Waals surface area contributed by atoms with Gasteiger partial charge in [-0.1, -0.05) is 38.2 Å². The molecule has 3 N–H and O–H groups in total. The van der Waals surface area contributed by atoms with Crippen LogP contribution in [-0.4, -0.2) is 59.8 Å². The minimum atomic E-state index is -0.262. The molecule has 1 saturated heterocycles. The monoisotopic (exact) mass is 335 g/mol. The number of carbonyl (C=O) groups excluding carboxylic acids is 1. The van der Waals surface area contributed by atoms with E-state index in [-0.39, 0.29) is 12.1 Å². The summed E-state index contributed by atoms with van der Waals surface area (Å²) in [6.45, 7) is 13.8. The van der Waals surface area contributed by atoms with Crippen LogP contribution in [0.4, 0.5) is 4.79 Å². The Morgan fingerprint density at radius 2 is 1.75 bits per heavy atom. The van der Waals surface area contributed by atoms with Crippen molar-refractivity contribution in [2.24, 2.45) is 5.73 Å². The van der Waals surface area contributed by atoms with Crippen LogP contribution in [0, 0.1) is 0 Å². The number of primary amides is 1. The van der Waals surface area contributed by atoms with Crippen molar-refractivity contribution in [1.82, 2.24) is 9.80 Å². The van der Waals surface area contributed by atoms with Gasteiger partial charge in [0.05, 0.1) is 6.10 Å². The second kappa shape index (κ2) is 11.0. The minimum Gasteiger partial charge on any atom is -0.392 e. The zero-order valence-corrected chi connectivity index (χ0v) is 15.0. The van der Waals surface area contributed by atoms with Crippen LogP contribution in [0.2, 0.25) is 0 Å². The number of likely N-dealkylation sites (tertiary alicyclic amines) is 1. The zero-order chi connectivity index (χ0) is 17.9. The molecule has 0 saturated carbocycles. The average molecular weight is 335 g/mol. The Morgan fingerprint density at radius 1 is 1.17 bits per heavy atom. The number of urea groups is 1. The second-order valence-electron chi connectivity index (χ2n) is 6.53. The minimum absolute atomic E-state index is 0.258. The van der Waals surface area contributed by atoms with Crippen molar-refractivity contribution in [2.45, 2.75) is 45.1 Å². The number of aliphatic hydroxyl groups is 1. The topological polar surface area (TPSA) is 69.8 Å². The molecule has 2 rings (SSSR count). The summed E-state index contributed by atoms with van der Waals surface area (Å²) in [6, 6.07) is -0.262. The molecule has 1 unspecified atom stereocenters. The maximum atomic E-state index is 10.7. The first-order valence-electron chi connectivity index (χ1n) is 8.89. The predicted octanol–water partition coefficient (Wildman–Crippen LogP) is 2.68. The highest BCUT2D eigenvalue weighted by atomic mass is 16.3. The summed E-state index contributed by atoms with van der Waals surface area (Å²) in [6.07, 6.45) is 9.27. The van der Waals surface area contributed by atoms with Gasteiger partial charge in [0.25, 0.3) is 0 Å². The fourth-order valence-corrected chi connectivity index (χ4v) is 3.11. The van der Waals surface area contributed by atoms with Crippen molar-refractivity contribution >= 4 is 6.03 Å². The van der Waals surface area contributed by atoms with Crippen molar-refractivity contribution < 1.29 is 9.90 Å². The third-order valence-electron chi connectivity index (χ3n) is 4.44. The number of nitrogens with two attached hydrogens (primary N) is 1. The van der Waals surface area contributed by atoms with Crippen molar-refractivity contribution in [1.29, 1.82) is 0 Å². The van der Waals surface area contributed by atoms with Gasteiger partial charge in [0.2, 0.25) is 0 Å². The fraction of sp³-hybridized carbons (Fsp3) is 0.632. The standard InChI is InChI=1S/C12H19NO.C7H14N2O/c1-4-11-6-7-13(8-10(3)14)9-12(11)5-2;8-7(10)9-5-3-1-2-4-6-9/h4-5,10,14H,1-2,6-9H2,3H3;1-6H2,(H2,8,10). The summed E-state index contributed by atoms with van der Waals surface area (Å²) in [5.74, 6) is 0. The highest BCUT2D eigenvalue weighted by Gasteiger charge is 2.16. The highest BCUT2D eigenvalue weighted by Crippen LogP contribution is 2.19. The Bertz CT molecular complexity index is 450. The maximum absolute atomic E-state index is 10.7. The lowest BCUT2D eigenvalue weighted by molar-refractivity contribution is 0.130. The van der Waals surface area contributed by atoms with E-state index in [1.54, 1.807) is 4.90 Å². The van der Waals surface area contributed by atoms with E-state index >= 15 is 0 Å². The van der Waals surface area contributed by atoms with Crippen molar-refractivity contribution in [3.8, 4) is 0 Å². The number of nitrogens with zero attached hydrogens (tertiary/aromatic N) is 2.